The Morgan fingerprint density at radius 3 is 2.47 bits per heavy atom. The van der Waals surface area contributed by atoms with E-state index in [9.17, 15) is 9.59 Å². The van der Waals surface area contributed by atoms with Gasteiger partial charge in [0.2, 0.25) is 0 Å². The molecule has 3 aromatic heterocycles. The molecule has 1 aromatic carbocycles. The molecule has 2 N–H and O–H groups in total. The second-order valence-electron chi connectivity index (χ2n) is 8.21. The molecular formula is C25H27N5O4. The van der Waals surface area contributed by atoms with E-state index in [1.807, 2.05) is 45.0 Å². The molecule has 0 unspecified atom stereocenters. The molecule has 9 heteroatoms. The van der Waals surface area contributed by atoms with Crippen LogP contribution < -0.4 is 15.4 Å². The molecule has 0 aliphatic rings. The van der Waals surface area contributed by atoms with Crippen LogP contribution in [0.25, 0.3) is 11.0 Å². The van der Waals surface area contributed by atoms with Crippen LogP contribution in [-0.2, 0) is 13.5 Å². The van der Waals surface area contributed by atoms with Gasteiger partial charge < -0.3 is 24.5 Å². The number of hydrogen-bond donors (Lipinski definition) is 2. The zero-order valence-corrected chi connectivity index (χ0v) is 19.8. The minimum atomic E-state index is -0.405. The van der Waals surface area contributed by atoms with Gasteiger partial charge in [-0.05, 0) is 45.4 Å². The number of hydrogen-bond acceptors (Lipinski definition) is 6. The molecular weight excluding hydrogens is 434 g/mol. The Morgan fingerprint density at radius 1 is 1.12 bits per heavy atom. The lowest BCUT2D eigenvalue weighted by atomic mass is 10.1. The quantitative estimate of drug-likeness (QED) is 0.412. The third kappa shape index (κ3) is 4.50. The van der Waals surface area contributed by atoms with Gasteiger partial charge in [-0.25, -0.2) is 4.98 Å². The highest BCUT2D eigenvalue weighted by molar-refractivity contribution is 6.10. The van der Waals surface area contributed by atoms with Crippen LogP contribution in [0, 0.1) is 6.92 Å². The number of rotatable bonds is 7. The molecule has 0 spiro atoms. The molecule has 0 saturated heterocycles. The van der Waals surface area contributed by atoms with Crippen LogP contribution in [0.5, 0.6) is 5.75 Å². The fraction of sp³-hybridized carbons (Fsp3) is 0.280. The average Bonchev–Trinajstić information content (AvgIpc) is 3.33. The third-order valence-electron chi connectivity index (χ3n) is 5.25. The van der Waals surface area contributed by atoms with E-state index in [2.05, 4.69) is 15.8 Å². The zero-order chi connectivity index (χ0) is 24.4. The Hall–Kier alpha value is -4.14. The van der Waals surface area contributed by atoms with E-state index in [4.69, 9.17) is 14.2 Å². The molecule has 3 heterocycles. The maximum atomic E-state index is 13.2. The molecule has 0 aliphatic carbocycles. The molecule has 176 valence electrons. The molecule has 4 aromatic rings. The van der Waals surface area contributed by atoms with Crippen molar-refractivity contribution in [2.45, 2.75) is 40.2 Å². The molecule has 9 nitrogen and oxygen atoms in total. The van der Waals surface area contributed by atoms with E-state index >= 15 is 0 Å². The van der Waals surface area contributed by atoms with Gasteiger partial charge in [0.15, 0.2) is 17.3 Å². The first-order valence-corrected chi connectivity index (χ1v) is 11.1. The highest BCUT2D eigenvalue weighted by Gasteiger charge is 2.26. The molecule has 2 amide bonds. The van der Waals surface area contributed by atoms with Gasteiger partial charge in [-0.15, -0.1) is 0 Å². The standard InChI is InChI=1S/C25H27N5O4/c1-6-18-19(27-24(31)16-10-8-7-9-11-16)13-17-22(33-14(2)3)21(30(5)23(17)26-18)25(32)28-20-12-15(4)34-29-20/h7-14H,6H2,1-5H3,(H,27,31)(H,28,29,32). The number of aromatic nitrogens is 3. The van der Waals surface area contributed by atoms with Gasteiger partial charge in [0.1, 0.15) is 11.4 Å². The average molecular weight is 462 g/mol. The molecule has 0 saturated carbocycles. The second kappa shape index (κ2) is 9.38. The van der Waals surface area contributed by atoms with Crippen LogP contribution in [-0.4, -0.2) is 32.6 Å². The summed E-state index contributed by atoms with van der Waals surface area (Å²) in [5, 5.41) is 10.2. The summed E-state index contributed by atoms with van der Waals surface area (Å²) >= 11 is 0. The Morgan fingerprint density at radius 2 is 1.85 bits per heavy atom. The minimum Gasteiger partial charge on any atom is -0.488 e. The number of nitrogens with zero attached hydrogens (tertiary/aromatic N) is 3. The number of nitrogens with one attached hydrogen (secondary N) is 2. The number of benzene rings is 1. The number of amides is 2. The van der Waals surface area contributed by atoms with Crippen molar-refractivity contribution in [3.8, 4) is 5.75 Å². The number of carbonyl (C=O) groups excluding carboxylic acids is 2. The summed E-state index contributed by atoms with van der Waals surface area (Å²) < 4.78 is 12.8. The summed E-state index contributed by atoms with van der Waals surface area (Å²) in [5.74, 6) is 0.631. The van der Waals surface area contributed by atoms with Crippen molar-refractivity contribution in [2.75, 3.05) is 10.6 Å². The summed E-state index contributed by atoms with van der Waals surface area (Å²) in [7, 11) is 1.76. The van der Waals surface area contributed by atoms with E-state index < -0.39 is 5.91 Å². The van der Waals surface area contributed by atoms with E-state index in [1.54, 1.807) is 36.7 Å². The third-order valence-corrected chi connectivity index (χ3v) is 5.25. The van der Waals surface area contributed by atoms with Crippen molar-refractivity contribution in [3.05, 3.63) is 65.2 Å². The van der Waals surface area contributed by atoms with Crippen LogP contribution in [0.3, 0.4) is 0 Å². The van der Waals surface area contributed by atoms with Gasteiger partial charge >= 0.3 is 0 Å². The van der Waals surface area contributed by atoms with Gasteiger partial charge in [0.05, 0.1) is 22.9 Å². The van der Waals surface area contributed by atoms with Crippen molar-refractivity contribution < 1.29 is 18.8 Å². The molecule has 0 fully saturated rings. The predicted octanol–water partition coefficient (Wildman–Crippen LogP) is 4.72. The molecule has 0 bridgehead atoms. The summed E-state index contributed by atoms with van der Waals surface area (Å²) in [6.07, 6.45) is 0.394. The first kappa shape index (κ1) is 23.0. The van der Waals surface area contributed by atoms with Crippen molar-refractivity contribution in [3.63, 3.8) is 0 Å². The molecule has 4 rings (SSSR count). The van der Waals surface area contributed by atoms with Gasteiger partial charge in [-0.3, -0.25) is 9.59 Å². The maximum Gasteiger partial charge on any atom is 0.277 e. The highest BCUT2D eigenvalue weighted by Crippen LogP contribution is 2.36. The predicted molar refractivity (Wildman–Crippen MR) is 129 cm³/mol. The SMILES string of the molecule is CCc1nc2c(cc1NC(=O)c1ccccc1)c(OC(C)C)c(C(=O)Nc1cc(C)on1)n2C. The lowest BCUT2D eigenvalue weighted by molar-refractivity contribution is 0.100. The van der Waals surface area contributed by atoms with Crippen LogP contribution in [0.2, 0.25) is 0 Å². The molecule has 0 radical (unpaired) electrons. The Kier molecular flexibility index (Phi) is 6.36. The number of fused-ring (bicyclic) bond motifs is 1. The number of pyridine rings is 1. The van der Waals surface area contributed by atoms with Crippen molar-refractivity contribution in [1.29, 1.82) is 0 Å². The molecule has 0 atom stereocenters. The van der Waals surface area contributed by atoms with Gasteiger partial charge in [-0.2, -0.15) is 0 Å². The Balaban J connectivity index is 1.81. The van der Waals surface area contributed by atoms with Gasteiger partial charge in [0, 0.05) is 18.7 Å². The molecule has 0 aliphatic heterocycles. The van der Waals surface area contributed by atoms with Crippen LogP contribution in [0.4, 0.5) is 11.5 Å². The first-order valence-electron chi connectivity index (χ1n) is 11.1. The number of ether oxygens (including phenoxy) is 1. The number of anilines is 2. The monoisotopic (exact) mass is 461 g/mol. The maximum absolute atomic E-state index is 13.2. The summed E-state index contributed by atoms with van der Waals surface area (Å²) in [6, 6.07) is 12.4. The Bertz CT molecular complexity index is 1350. The fourth-order valence-corrected chi connectivity index (χ4v) is 3.72. The zero-order valence-electron chi connectivity index (χ0n) is 19.8. The van der Waals surface area contributed by atoms with Crippen molar-refractivity contribution >= 4 is 34.4 Å². The number of carbonyl (C=O) groups is 2. The minimum absolute atomic E-state index is 0.195. The smallest absolute Gasteiger partial charge is 0.277 e. The van der Waals surface area contributed by atoms with Gasteiger partial charge in [0.25, 0.3) is 11.8 Å². The topological polar surface area (TPSA) is 111 Å². The van der Waals surface area contributed by atoms with E-state index in [0.717, 1.165) is 0 Å². The summed E-state index contributed by atoms with van der Waals surface area (Å²) in [6.45, 7) is 7.47. The summed E-state index contributed by atoms with van der Waals surface area (Å²) in [4.78, 5) is 30.8. The van der Waals surface area contributed by atoms with Crippen LogP contribution in [0.1, 0.15) is 53.1 Å². The Labute approximate surface area is 197 Å². The van der Waals surface area contributed by atoms with Gasteiger partial charge in [-0.1, -0.05) is 30.3 Å². The lowest BCUT2D eigenvalue weighted by Crippen LogP contribution is -2.18. The van der Waals surface area contributed by atoms with Crippen LogP contribution >= 0.6 is 0 Å². The fourth-order valence-electron chi connectivity index (χ4n) is 3.72. The second-order valence-corrected chi connectivity index (χ2v) is 8.21. The largest absolute Gasteiger partial charge is 0.488 e. The van der Waals surface area contributed by atoms with Crippen LogP contribution in [0.15, 0.2) is 47.0 Å². The molecule has 34 heavy (non-hydrogen) atoms. The van der Waals surface area contributed by atoms with E-state index in [0.29, 0.717) is 57.4 Å². The van der Waals surface area contributed by atoms with E-state index in [-0.39, 0.29) is 12.0 Å². The lowest BCUT2D eigenvalue weighted by Gasteiger charge is -2.12. The normalized spacial score (nSPS) is 11.1. The number of aryl methyl sites for hydroxylation is 3. The van der Waals surface area contributed by atoms with E-state index in [1.165, 1.54) is 0 Å². The first-order chi connectivity index (χ1) is 16.3. The summed E-state index contributed by atoms with van der Waals surface area (Å²) in [5.41, 5.74) is 2.69. The highest BCUT2D eigenvalue weighted by atomic mass is 16.5. The van der Waals surface area contributed by atoms with Crippen molar-refractivity contribution in [1.82, 2.24) is 14.7 Å². The van der Waals surface area contributed by atoms with Crippen molar-refractivity contribution in [2.24, 2.45) is 7.05 Å².